The average molecular weight is 276 g/mol. The van der Waals surface area contributed by atoms with E-state index >= 15 is 0 Å². The summed E-state index contributed by atoms with van der Waals surface area (Å²) in [5, 5.41) is 6.21. The van der Waals surface area contributed by atoms with E-state index in [4.69, 9.17) is 4.74 Å². The van der Waals surface area contributed by atoms with Gasteiger partial charge >= 0.3 is 6.09 Å². The molecule has 0 unspecified atom stereocenters. The van der Waals surface area contributed by atoms with Crippen molar-refractivity contribution in [3.05, 3.63) is 30.3 Å². The molecule has 1 atom stereocenters. The maximum atomic E-state index is 11.7. The van der Waals surface area contributed by atoms with Crippen molar-refractivity contribution in [2.45, 2.75) is 51.2 Å². The normalized spacial score (nSPS) is 17.4. The lowest BCUT2D eigenvalue weighted by Crippen LogP contribution is -2.38. The van der Waals surface area contributed by atoms with Crippen LogP contribution in [0, 0.1) is 0 Å². The number of benzene rings is 1. The summed E-state index contributed by atoms with van der Waals surface area (Å²) >= 11 is 0. The van der Waals surface area contributed by atoms with Crippen LogP contribution < -0.4 is 10.6 Å². The van der Waals surface area contributed by atoms with Crippen LogP contribution in [0.5, 0.6) is 0 Å². The van der Waals surface area contributed by atoms with Gasteiger partial charge in [-0.25, -0.2) is 4.79 Å². The number of nitrogens with one attached hydrogen (secondary N) is 2. The van der Waals surface area contributed by atoms with Crippen molar-refractivity contribution >= 4 is 11.8 Å². The Hall–Kier alpha value is -1.55. The van der Waals surface area contributed by atoms with Crippen molar-refractivity contribution in [2.24, 2.45) is 0 Å². The van der Waals surface area contributed by atoms with Crippen molar-refractivity contribution in [1.29, 1.82) is 0 Å². The smallest absolute Gasteiger partial charge is 0.411 e. The molecule has 0 spiro atoms. The van der Waals surface area contributed by atoms with E-state index in [2.05, 4.69) is 10.6 Å². The zero-order valence-electron chi connectivity index (χ0n) is 12.1. The van der Waals surface area contributed by atoms with Crippen molar-refractivity contribution in [3.63, 3.8) is 0 Å². The Morgan fingerprint density at radius 3 is 2.65 bits per heavy atom. The van der Waals surface area contributed by atoms with E-state index in [1.165, 1.54) is 32.1 Å². The van der Waals surface area contributed by atoms with E-state index in [9.17, 15) is 4.79 Å². The summed E-state index contributed by atoms with van der Waals surface area (Å²) in [5.74, 6) is 0. The molecule has 0 aromatic heterocycles. The van der Waals surface area contributed by atoms with Gasteiger partial charge in [-0.15, -0.1) is 0 Å². The fourth-order valence-electron chi connectivity index (χ4n) is 2.53. The fraction of sp³-hybridized carbons (Fsp3) is 0.562. The van der Waals surface area contributed by atoms with Gasteiger partial charge in [0.05, 0.1) is 0 Å². The van der Waals surface area contributed by atoms with E-state index in [1.807, 2.05) is 37.3 Å². The van der Waals surface area contributed by atoms with E-state index in [-0.39, 0.29) is 6.10 Å². The number of hydrogen-bond acceptors (Lipinski definition) is 3. The highest BCUT2D eigenvalue weighted by Crippen LogP contribution is 2.17. The second-order valence-electron chi connectivity index (χ2n) is 5.45. The van der Waals surface area contributed by atoms with Gasteiger partial charge in [0.1, 0.15) is 6.10 Å². The summed E-state index contributed by atoms with van der Waals surface area (Å²) in [5.41, 5.74) is 0.755. The Balaban J connectivity index is 1.65. The van der Waals surface area contributed by atoms with Crippen LogP contribution in [0.4, 0.5) is 10.5 Å². The molecule has 0 saturated heterocycles. The Morgan fingerprint density at radius 1 is 1.25 bits per heavy atom. The lowest BCUT2D eigenvalue weighted by molar-refractivity contribution is 0.116. The predicted molar refractivity (Wildman–Crippen MR) is 80.9 cm³/mol. The molecule has 1 fully saturated rings. The third kappa shape index (κ3) is 5.21. The maximum absolute atomic E-state index is 11.7. The van der Waals surface area contributed by atoms with Crippen LogP contribution >= 0.6 is 0 Å². The molecule has 0 heterocycles. The number of para-hydroxylation sites is 1. The third-order valence-electron chi connectivity index (χ3n) is 3.63. The quantitative estimate of drug-likeness (QED) is 0.864. The molecular formula is C16H24N2O2. The Kier molecular flexibility index (Phi) is 5.87. The zero-order chi connectivity index (χ0) is 14.2. The molecule has 1 saturated carbocycles. The lowest BCUT2D eigenvalue weighted by atomic mass is 9.95. The van der Waals surface area contributed by atoms with Crippen LogP contribution in [-0.2, 0) is 4.74 Å². The topological polar surface area (TPSA) is 50.4 Å². The molecule has 4 heteroatoms. The van der Waals surface area contributed by atoms with Gasteiger partial charge in [-0.05, 0) is 31.9 Å². The van der Waals surface area contributed by atoms with Gasteiger partial charge in [-0.3, -0.25) is 5.32 Å². The first-order valence-corrected chi connectivity index (χ1v) is 7.50. The number of amides is 1. The molecule has 1 aromatic carbocycles. The highest BCUT2D eigenvalue weighted by atomic mass is 16.6. The predicted octanol–water partition coefficient (Wildman–Crippen LogP) is 3.55. The van der Waals surface area contributed by atoms with Gasteiger partial charge in [0.2, 0.25) is 0 Å². The minimum Gasteiger partial charge on any atom is -0.445 e. The van der Waals surface area contributed by atoms with Crippen LogP contribution in [0.3, 0.4) is 0 Å². The summed E-state index contributed by atoms with van der Waals surface area (Å²) < 4.78 is 5.33. The number of carbonyl (C=O) groups excluding carboxylic acids is 1. The summed E-state index contributed by atoms with van der Waals surface area (Å²) in [6.45, 7) is 2.63. The molecule has 1 aliphatic carbocycles. The molecule has 1 aliphatic rings. The first-order chi connectivity index (χ1) is 9.74. The van der Waals surface area contributed by atoms with Crippen molar-refractivity contribution in [1.82, 2.24) is 5.32 Å². The highest BCUT2D eigenvalue weighted by Gasteiger charge is 2.15. The van der Waals surface area contributed by atoms with E-state index < -0.39 is 6.09 Å². The van der Waals surface area contributed by atoms with Gasteiger partial charge in [0.15, 0.2) is 0 Å². The zero-order valence-corrected chi connectivity index (χ0v) is 12.1. The van der Waals surface area contributed by atoms with Crippen LogP contribution in [0.15, 0.2) is 30.3 Å². The summed E-state index contributed by atoms with van der Waals surface area (Å²) in [4.78, 5) is 11.7. The minimum absolute atomic E-state index is 0.124. The number of anilines is 1. The third-order valence-corrected chi connectivity index (χ3v) is 3.63. The summed E-state index contributed by atoms with van der Waals surface area (Å²) in [7, 11) is 0. The van der Waals surface area contributed by atoms with Crippen molar-refractivity contribution in [3.8, 4) is 0 Å². The number of carbonyl (C=O) groups is 1. The molecular weight excluding hydrogens is 252 g/mol. The van der Waals surface area contributed by atoms with Crippen LogP contribution in [0.1, 0.15) is 39.0 Å². The maximum Gasteiger partial charge on any atom is 0.411 e. The second-order valence-corrected chi connectivity index (χ2v) is 5.45. The standard InChI is InChI=1S/C16H24N2O2/c1-13(12-17-14-8-4-2-5-9-14)20-16(19)18-15-10-6-3-7-11-15/h3,6-7,10-11,13-14,17H,2,4-5,8-9,12H2,1H3,(H,18,19)/t13-/m0/s1. The van der Waals surface area contributed by atoms with Gasteiger partial charge < -0.3 is 10.1 Å². The van der Waals surface area contributed by atoms with Gasteiger partial charge in [0, 0.05) is 18.3 Å². The van der Waals surface area contributed by atoms with Crippen LogP contribution in [0.2, 0.25) is 0 Å². The van der Waals surface area contributed by atoms with Crippen molar-refractivity contribution in [2.75, 3.05) is 11.9 Å². The molecule has 110 valence electrons. The number of hydrogen-bond donors (Lipinski definition) is 2. The average Bonchev–Trinajstić information content (AvgIpc) is 2.47. The van der Waals surface area contributed by atoms with E-state index in [1.54, 1.807) is 0 Å². The Morgan fingerprint density at radius 2 is 1.95 bits per heavy atom. The first kappa shape index (κ1) is 14.9. The van der Waals surface area contributed by atoms with Gasteiger partial charge in [-0.2, -0.15) is 0 Å². The SMILES string of the molecule is C[C@@H](CNC1CCCCC1)OC(=O)Nc1ccccc1. The Labute approximate surface area is 120 Å². The number of ether oxygens (including phenoxy) is 1. The molecule has 2 N–H and O–H groups in total. The lowest BCUT2D eigenvalue weighted by Gasteiger charge is -2.24. The molecule has 0 aliphatic heterocycles. The monoisotopic (exact) mass is 276 g/mol. The van der Waals surface area contributed by atoms with E-state index in [0.29, 0.717) is 12.6 Å². The Bertz CT molecular complexity index is 402. The molecule has 20 heavy (non-hydrogen) atoms. The van der Waals surface area contributed by atoms with Gasteiger partial charge in [-0.1, -0.05) is 37.5 Å². The number of rotatable bonds is 5. The van der Waals surface area contributed by atoms with Crippen LogP contribution in [-0.4, -0.2) is 24.8 Å². The van der Waals surface area contributed by atoms with E-state index in [0.717, 1.165) is 5.69 Å². The van der Waals surface area contributed by atoms with Gasteiger partial charge in [0.25, 0.3) is 0 Å². The second kappa shape index (κ2) is 7.90. The molecule has 2 rings (SSSR count). The highest BCUT2D eigenvalue weighted by molar-refractivity contribution is 5.84. The summed E-state index contributed by atoms with van der Waals surface area (Å²) in [6.07, 6.45) is 5.92. The first-order valence-electron chi connectivity index (χ1n) is 7.50. The van der Waals surface area contributed by atoms with Crippen LogP contribution in [0.25, 0.3) is 0 Å². The molecule has 1 amide bonds. The molecule has 4 nitrogen and oxygen atoms in total. The molecule has 0 bridgehead atoms. The van der Waals surface area contributed by atoms with Crippen molar-refractivity contribution < 1.29 is 9.53 Å². The fourth-order valence-corrected chi connectivity index (χ4v) is 2.53. The minimum atomic E-state index is -0.394. The molecule has 1 aromatic rings. The molecule has 0 radical (unpaired) electrons. The summed E-state index contributed by atoms with van der Waals surface area (Å²) in [6, 6.07) is 9.94. The largest absolute Gasteiger partial charge is 0.445 e.